The predicted molar refractivity (Wildman–Crippen MR) is 98.0 cm³/mol. The van der Waals surface area contributed by atoms with Gasteiger partial charge in [-0.3, -0.25) is 14.7 Å². The van der Waals surface area contributed by atoms with Gasteiger partial charge in [0.05, 0.1) is 5.69 Å². The number of hydrogen-bond donors (Lipinski definition) is 1. The molecule has 8 heteroatoms. The van der Waals surface area contributed by atoms with Crippen LogP contribution in [0.1, 0.15) is 46.5 Å². The highest BCUT2D eigenvalue weighted by Crippen LogP contribution is 2.27. The van der Waals surface area contributed by atoms with Crippen LogP contribution < -0.4 is 5.56 Å². The molecule has 0 aliphatic carbocycles. The molecule has 0 bridgehead atoms. The maximum absolute atomic E-state index is 12.8. The fraction of sp³-hybridized carbons (Fsp3) is 0.368. The number of piperidine rings is 1. The minimum absolute atomic E-state index is 0.168. The van der Waals surface area contributed by atoms with Gasteiger partial charge in [0.2, 0.25) is 5.89 Å². The van der Waals surface area contributed by atoms with Crippen molar-refractivity contribution in [2.75, 3.05) is 13.1 Å². The standard InChI is InChI=1S/C19H21N5O3/c1-12-3-5-15(6-4-12)24-17(25)11-16(21-24)19(26)23-9-7-14(8-10-23)18-20-13(2)22-27-18/h3-6,11,14,21H,7-10H2,1-2H3. The molecule has 8 nitrogen and oxygen atoms in total. The number of amides is 1. The molecule has 1 N–H and O–H groups in total. The van der Waals surface area contributed by atoms with E-state index in [-0.39, 0.29) is 17.4 Å². The van der Waals surface area contributed by atoms with Crippen molar-refractivity contribution in [3.05, 3.63) is 63.7 Å². The number of carbonyl (C=O) groups is 1. The largest absolute Gasteiger partial charge is 0.339 e. The molecule has 1 aromatic carbocycles. The monoisotopic (exact) mass is 367 g/mol. The number of nitrogens with zero attached hydrogens (tertiary/aromatic N) is 4. The fourth-order valence-electron chi connectivity index (χ4n) is 3.37. The summed E-state index contributed by atoms with van der Waals surface area (Å²) in [7, 11) is 0. The second-order valence-electron chi connectivity index (χ2n) is 6.93. The van der Waals surface area contributed by atoms with Crippen LogP contribution in [-0.2, 0) is 0 Å². The molecule has 0 saturated carbocycles. The zero-order chi connectivity index (χ0) is 19.0. The summed E-state index contributed by atoms with van der Waals surface area (Å²) < 4.78 is 6.63. The SMILES string of the molecule is Cc1ccc(-n2[nH]c(C(=O)N3CCC(c4nc(C)no4)CC3)cc2=O)cc1. The van der Waals surface area contributed by atoms with Gasteiger partial charge in [0.25, 0.3) is 11.5 Å². The smallest absolute Gasteiger partial charge is 0.271 e. The van der Waals surface area contributed by atoms with E-state index < -0.39 is 0 Å². The van der Waals surface area contributed by atoms with E-state index in [9.17, 15) is 9.59 Å². The zero-order valence-electron chi connectivity index (χ0n) is 15.3. The number of carbonyl (C=O) groups excluding carboxylic acids is 1. The Hall–Kier alpha value is -3.16. The third kappa shape index (κ3) is 3.42. The van der Waals surface area contributed by atoms with Gasteiger partial charge >= 0.3 is 0 Å². The third-order valence-corrected chi connectivity index (χ3v) is 4.92. The Kier molecular flexibility index (Phi) is 4.39. The lowest BCUT2D eigenvalue weighted by Crippen LogP contribution is -2.38. The molecule has 0 radical (unpaired) electrons. The van der Waals surface area contributed by atoms with Crippen LogP contribution in [0.15, 0.2) is 39.6 Å². The highest BCUT2D eigenvalue weighted by molar-refractivity contribution is 5.92. The van der Waals surface area contributed by atoms with Crippen LogP contribution in [0.4, 0.5) is 0 Å². The van der Waals surface area contributed by atoms with Crippen LogP contribution in [-0.4, -0.2) is 43.8 Å². The van der Waals surface area contributed by atoms with E-state index in [1.165, 1.54) is 10.7 Å². The van der Waals surface area contributed by atoms with Crippen LogP contribution in [0.3, 0.4) is 0 Å². The average molecular weight is 367 g/mol. The van der Waals surface area contributed by atoms with Gasteiger partial charge in [-0.1, -0.05) is 22.9 Å². The topological polar surface area (TPSA) is 97.0 Å². The van der Waals surface area contributed by atoms with E-state index in [4.69, 9.17) is 4.52 Å². The molecule has 0 spiro atoms. The van der Waals surface area contributed by atoms with Crippen molar-refractivity contribution in [2.24, 2.45) is 0 Å². The number of hydrogen-bond acceptors (Lipinski definition) is 5. The van der Waals surface area contributed by atoms with Gasteiger partial charge in [-0.15, -0.1) is 0 Å². The molecular formula is C19H21N5O3. The Morgan fingerprint density at radius 2 is 1.89 bits per heavy atom. The molecule has 1 aliphatic rings. The van der Waals surface area contributed by atoms with Crippen LogP contribution in [0.25, 0.3) is 5.69 Å². The first kappa shape index (κ1) is 17.3. The van der Waals surface area contributed by atoms with Gasteiger partial charge in [0.15, 0.2) is 5.82 Å². The number of H-pyrrole nitrogens is 1. The van der Waals surface area contributed by atoms with Crippen molar-refractivity contribution in [3.63, 3.8) is 0 Å². The highest BCUT2D eigenvalue weighted by atomic mass is 16.5. The maximum atomic E-state index is 12.8. The summed E-state index contributed by atoms with van der Waals surface area (Å²) in [6.07, 6.45) is 1.52. The third-order valence-electron chi connectivity index (χ3n) is 4.92. The summed E-state index contributed by atoms with van der Waals surface area (Å²) in [6, 6.07) is 8.90. The lowest BCUT2D eigenvalue weighted by Gasteiger charge is -2.29. The number of benzene rings is 1. The summed E-state index contributed by atoms with van der Waals surface area (Å²) in [5, 5.41) is 6.76. The van der Waals surface area contributed by atoms with Crippen molar-refractivity contribution >= 4 is 5.91 Å². The molecule has 3 heterocycles. The summed E-state index contributed by atoms with van der Waals surface area (Å²) in [5.74, 6) is 1.27. The minimum atomic E-state index is -0.251. The summed E-state index contributed by atoms with van der Waals surface area (Å²) in [4.78, 5) is 31.1. The van der Waals surface area contributed by atoms with Crippen molar-refractivity contribution < 1.29 is 9.32 Å². The second kappa shape index (κ2) is 6.86. The highest BCUT2D eigenvalue weighted by Gasteiger charge is 2.28. The Bertz CT molecular complexity index is 1010. The number of nitrogens with one attached hydrogen (secondary N) is 1. The summed E-state index contributed by atoms with van der Waals surface area (Å²) >= 11 is 0. The molecule has 140 valence electrons. The number of aromatic nitrogens is 4. The van der Waals surface area contributed by atoms with E-state index in [1.54, 1.807) is 11.8 Å². The van der Waals surface area contributed by atoms with E-state index in [1.807, 2.05) is 31.2 Å². The predicted octanol–water partition coefficient (Wildman–Crippen LogP) is 2.19. The Morgan fingerprint density at radius 1 is 1.19 bits per heavy atom. The fourth-order valence-corrected chi connectivity index (χ4v) is 3.37. The molecule has 1 fully saturated rings. The molecule has 2 aromatic heterocycles. The molecule has 3 aromatic rings. The van der Waals surface area contributed by atoms with Crippen molar-refractivity contribution in [1.29, 1.82) is 0 Å². The van der Waals surface area contributed by atoms with Crippen LogP contribution >= 0.6 is 0 Å². The van der Waals surface area contributed by atoms with Gasteiger partial charge in [-0.05, 0) is 38.8 Å². The van der Waals surface area contributed by atoms with E-state index in [0.29, 0.717) is 36.2 Å². The number of likely N-dealkylation sites (tertiary alicyclic amines) is 1. The Labute approximate surface area is 155 Å². The molecule has 0 atom stereocenters. The van der Waals surface area contributed by atoms with E-state index in [2.05, 4.69) is 15.2 Å². The van der Waals surface area contributed by atoms with Crippen molar-refractivity contribution in [1.82, 2.24) is 24.8 Å². The number of rotatable bonds is 3. The van der Waals surface area contributed by atoms with Gasteiger partial charge in [0.1, 0.15) is 5.69 Å². The Balaban J connectivity index is 1.47. The van der Waals surface area contributed by atoms with Crippen LogP contribution in [0, 0.1) is 13.8 Å². The molecular weight excluding hydrogens is 346 g/mol. The molecule has 1 amide bonds. The average Bonchev–Trinajstić information content (AvgIpc) is 3.28. The molecule has 27 heavy (non-hydrogen) atoms. The van der Waals surface area contributed by atoms with Crippen molar-refractivity contribution in [2.45, 2.75) is 32.6 Å². The van der Waals surface area contributed by atoms with E-state index in [0.717, 1.165) is 18.4 Å². The van der Waals surface area contributed by atoms with Crippen LogP contribution in [0.2, 0.25) is 0 Å². The quantitative estimate of drug-likeness (QED) is 0.765. The zero-order valence-corrected chi connectivity index (χ0v) is 15.3. The van der Waals surface area contributed by atoms with Crippen LogP contribution in [0.5, 0.6) is 0 Å². The lowest BCUT2D eigenvalue weighted by atomic mass is 9.96. The maximum Gasteiger partial charge on any atom is 0.271 e. The molecule has 0 unspecified atom stereocenters. The van der Waals surface area contributed by atoms with Crippen molar-refractivity contribution in [3.8, 4) is 5.69 Å². The summed E-state index contributed by atoms with van der Waals surface area (Å²) in [6.45, 7) is 4.95. The second-order valence-corrected chi connectivity index (χ2v) is 6.93. The number of aryl methyl sites for hydroxylation is 2. The van der Waals surface area contributed by atoms with Gasteiger partial charge in [-0.2, -0.15) is 4.98 Å². The first-order valence-corrected chi connectivity index (χ1v) is 9.00. The first-order chi connectivity index (χ1) is 13.0. The first-order valence-electron chi connectivity index (χ1n) is 9.00. The normalized spacial score (nSPS) is 15.3. The molecule has 1 aliphatic heterocycles. The minimum Gasteiger partial charge on any atom is -0.339 e. The number of aromatic amines is 1. The van der Waals surface area contributed by atoms with Gasteiger partial charge < -0.3 is 9.42 Å². The summed E-state index contributed by atoms with van der Waals surface area (Å²) in [5.41, 5.74) is 1.86. The lowest BCUT2D eigenvalue weighted by molar-refractivity contribution is 0.0698. The van der Waals surface area contributed by atoms with E-state index >= 15 is 0 Å². The molecule has 1 saturated heterocycles. The molecule has 4 rings (SSSR count). The van der Waals surface area contributed by atoms with Gasteiger partial charge in [-0.25, -0.2) is 4.68 Å². The van der Waals surface area contributed by atoms with Gasteiger partial charge in [0, 0.05) is 25.1 Å². The Morgan fingerprint density at radius 3 is 2.52 bits per heavy atom.